The zero-order valence-electron chi connectivity index (χ0n) is 10.6. The van der Waals surface area contributed by atoms with Gasteiger partial charge in [-0.05, 0) is 17.5 Å². The normalized spacial score (nSPS) is 18.5. The molecule has 4 heteroatoms. The summed E-state index contributed by atoms with van der Waals surface area (Å²) in [5.41, 5.74) is 0.902. The summed E-state index contributed by atoms with van der Waals surface area (Å²) in [6, 6.07) is 3.99. The number of aliphatic hydroxyl groups is 1. The first kappa shape index (κ1) is 12.3. The van der Waals surface area contributed by atoms with Crippen LogP contribution in [0, 0.1) is 5.92 Å². The Morgan fingerprint density at radius 2 is 2.00 bits per heavy atom. The first-order chi connectivity index (χ1) is 8.18. The van der Waals surface area contributed by atoms with E-state index in [4.69, 9.17) is 0 Å². The minimum atomic E-state index is -0.417. The highest BCUT2D eigenvalue weighted by molar-refractivity contribution is 5.40. The smallest absolute Gasteiger partial charge is 0.128 e. The molecule has 17 heavy (non-hydrogen) atoms. The van der Waals surface area contributed by atoms with Crippen LogP contribution in [-0.2, 0) is 0 Å². The molecule has 4 nitrogen and oxygen atoms in total. The van der Waals surface area contributed by atoms with E-state index < -0.39 is 6.10 Å². The van der Waals surface area contributed by atoms with Crippen molar-refractivity contribution in [3.05, 3.63) is 23.9 Å². The monoisotopic (exact) mass is 235 g/mol. The molecule has 0 radical (unpaired) electrons. The summed E-state index contributed by atoms with van der Waals surface area (Å²) in [6.07, 6.45) is 1.38. The van der Waals surface area contributed by atoms with Crippen LogP contribution in [-0.4, -0.2) is 36.3 Å². The molecular formula is C13H21N3O. The largest absolute Gasteiger partial charge is 0.388 e. The molecule has 1 aromatic rings. The molecule has 94 valence electrons. The lowest BCUT2D eigenvalue weighted by Crippen LogP contribution is -2.43. The molecule has 1 saturated heterocycles. The van der Waals surface area contributed by atoms with Crippen molar-refractivity contribution in [3.8, 4) is 0 Å². The summed E-state index contributed by atoms with van der Waals surface area (Å²) < 4.78 is 0. The molecule has 0 aliphatic carbocycles. The summed E-state index contributed by atoms with van der Waals surface area (Å²) in [6.45, 7) is 8.04. The predicted molar refractivity (Wildman–Crippen MR) is 69.1 cm³/mol. The fourth-order valence-electron chi connectivity index (χ4n) is 2.04. The fourth-order valence-corrected chi connectivity index (χ4v) is 2.04. The van der Waals surface area contributed by atoms with Gasteiger partial charge in [0, 0.05) is 32.4 Å². The maximum Gasteiger partial charge on any atom is 0.128 e. The van der Waals surface area contributed by atoms with Crippen LogP contribution in [0.25, 0.3) is 0 Å². The van der Waals surface area contributed by atoms with Crippen LogP contribution in [0.5, 0.6) is 0 Å². The number of rotatable bonds is 3. The average molecular weight is 235 g/mol. The molecule has 0 aromatic carbocycles. The number of anilines is 1. The number of nitrogens with one attached hydrogen (secondary N) is 1. The molecule has 0 spiro atoms. The number of aliphatic hydroxyl groups excluding tert-OH is 1. The highest BCUT2D eigenvalue weighted by atomic mass is 16.3. The number of hydrogen-bond acceptors (Lipinski definition) is 4. The lowest BCUT2D eigenvalue weighted by molar-refractivity contribution is 0.126. The second-order valence-electron chi connectivity index (χ2n) is 4.88. The SMILES string of the molecule is CC(C)C(O)c1ccc(N2CCNCC2)nc1. The molecule has 0 saturated carbocycles. The van der Waals surface area contributed by atoms with Crippen molar-refractivity contribution in [3.63, 3.8) is 0 Å². The van der Waals surface area contributed by atoms with Crippen LogP contribution < -0.4 is 10.2 Å². The Kier molecular flexibility index (Phi) is 3.97. The fraction of sp³-hybridized carbons (Fsp3) is 0.615. The highest BCUT2D eigenvalue weighted by Crippen LogP contribution is 2.22. The van der Waals surface area contributed by atoms with Crippen molar-refractivity contribution in [1.82, 2.24) is 10.3 Å². The molecule has 1 unspecified atom stereocenters. The topological polar surface area (TPSA) is 48.4 Å². The zero-order chi connectivity index (χ0) is 12.3. The molecule has 0 amide bonds. The Labute approximate surface area is 103 Å². The van der Waals surface area contributed by atoms with E-state index in [1.807, 2.05) is 26.0 Å². The van der Waals surface area contributed by atoms with Crippen molar-refractivity contribution in [2.45, 2.75) is 20.0 Å². The van der Waals surface area contributed by atoms with Gasteiger partial charge in [-0.1, -0.05) is 19.9 Å². The van der Waals surface area contributed by atoms with Crippen LogP contribution in [0.2, 0.25) is 0 Å². The van der Waals surface area contributed by atoms with Gasteiger partial charge >= 0.3 is 0 Å². The van der Waals surface area contributed by atoms with Crippen LogP contribution in [0.4, 0.5) is 5.82 Å². The molecule has 0 bridgehead atoms. The van der Waals surface area contributed by atoms with Gasteiger partial charge in [0.05, 0.1) is 6.10 Å². The van der Waals surface area contributed by atoms with E-state index in [2.05, 4.69) is 15.2 Å². The van der Waals surface area contributed by atoms with Gasteiger partial charge in [0.2, 0.25) is 0 Å². The summed E-state index contributed by atoms with van der Waals surface area (Å²) in [5, 5.41) is 13.3. The Hall–Kier alpha value is -1.13. The van der Waals surface area contributed by atoms with Gasteiger partial charge in [-0.2, -0.15) is 0 Å². The van der Waals surface area contributed by atoms with E-state index in [0.717, 1.165) is 37.6 Å². The number of hydrogen-bond donors (Lipinski definition) is 2. The number of aromatic nitrogens is 1. The standard InChI is InChI=1S/C13H21N3O/c1-10(2)13(17)11-3-4-12(15-9-11)16-7-5-14-6-8-16/h3-4,9-10,13-14,17H,5-8H2,1-2H3. The Morgan fingerprint density at radius 3 is 2.53 bits per heavy atom. The van der Waals surface area contributed by atoms with Crippen molar-refractivity contribution in [1.29, 1.82) is 0 Å². The second-order valence-corrected chi connectivity index (χ2v) is 4.88. The van der Waals surface area contributed by atoms with Crippen LogP contribution >= 0.6 is 0 Å². The first-order valence-corrected chi connectivity index (χ1v) is 6.28. The summed E-state index contributed by atoms with van der Waals surface area (Å²) >= 11 is 0. The number of nitrogens with zero attached hydrogens (tertiary/aromatic N) is 2. The second kappa shape index (κ2) is 5.47. The van der Waals surface area contributed by atoms with Crippen LogP contribution in [0.3, 0.4) is 0 Å². The molecule has 2 N–H and O–H groups in total. The van der Waals surface area contributed by atoms with E-state index in [9.17, 15) is 5.11 Å². The maximum atomic E-state index is 9.94. The summed E-state index contributed by atoms with van der Waals surface area (Å²) in [5.74, 6) is 1.23. The molecule has 1 fully saturated rings. The highest BCUT2D eigenvalue weighted by Gasteiger charge is 2.14. The van der Waals surface area contributed by atoms with E-state index in [0.29, 0.717) is 0 Å². The lowest BCUT2D eigenvalue weighted by Gasteiger charge is -2.28. The van der Waals surface area contributed by atoms with Crippen molar-refractivity contribution in [2.75, 3.05) is 31.1 Å². The van der Waals surface area contributed by atoms with E-state index in [1.165, 1.54) is 0 Å². The van der Waals surface area contributed by atoms with Gasteiger partial charge in [-0.15, -0.1) is 0 Å². The first-order valence-electron chi connectivity index (χ1n) is 6.28. The van der Waals surface area contributed by atoms with Crippen molar-refractivity contribution in [2.24, 2.45) is 5.92 Å². The van der Waals surface area contributed by atoms with Gasteiger partial charge in [-0.25, -0.2) is 4.98 Å². The van der Waals surface area contributed by atoms with Crippen LogP contribution in [0.1, 0.15) is 25.5 Å². The third-order valence-corrected chi connectivity index (χ3v) is 3.18. The van der Waals surface area contributed by atoms with Crippen LogP contribution in [0.15, 0.2) is 18.3 Å². The average Bonchev–Trinajstić information content (AvgIpc) is 2.39. The number of piperazine rings is 1. The van der Waals surface area contributed by atoms with E-state index in [1.54, 1.807) is 6.20 Å². The quantitative estimate of drug-likeness (QED) is 0.826. The molecule has 1 aromatic heterocycles. The third-order valence-electron chi connectivity index (χ3n) is 3.18. The van der Waals surface area contributed by atoms with Gasteiger partial charge in [0.1, 0.15) is 5.82 Å². The lowest BCUT2D eigenvalue weighted by atomic mass is 10.0. The third kappa shape index (κ3) is 2.96. The van der Waals surface area contributed by atoms with E-state index >= 15 is 0 Å². The molecule has 1 atom stereocenters. The Bertz CT molecular complexity index is 344. The Balaban J connectivity index is 2.06. The summed E-state index contributed by atoms with van der Waals surface area (Å²) in [4.78, 5) is 6.71. The predicted octanol–water partition coefficient (Wildman–Crippen LogP) is 1.18. The maximum absolute atomic E-state index is 9.94. The van der Waals surface area contributed by atoms with Gasteiger partial charge in [-0.3, -0.25) is 0 Å². The molecule has 2 heterocycles. The minimum Gasteiger partial charge on any atom is -0.388 e. The van der Waals surface area contributed by atoms with Gasteiger partial charge < -0.3 is 15.3 Å². The summed E-state index contributed by atoms with van der Waals surface area (Å²) in [7, 11) is 0. The molecule has 1 aliphatic rings. The zero-order valence-corrected chi connectivity index (χ0v) is 10.6. The van der Waals surface area contributed by atoms with Crippen molar-refractivity contribution < 1.29 is 5.11 Å². The minimum absolute atomic E-state index is 0.224. The van der Waals surface area contributed by atoms with Gasteiger partial charge in [0.15, 0.2) is 0 Å². The number of pyridine rings is 1. The molecular weight excluding hydrogens is 214 g/mol. The van der Waals surface area contributed by atoms with Crippen molar-refractivity contribution >= 4 is 5.82 Å². The van der Waals surface area contributed by atoms with E-state index in [-0.39, 0.29) is 5.92 Å². The Morgan fingerprint density at radius 1 is 1.29 bits per heavy atom. The molecule has 2 rings (SSSR count). The van der Waals surface area contributed by atoms with Gasteiger partial charge in [0.25, 0.3) is 0 Å². The molecule has 1 aliphatic heterocycles.